The van der Waals surface area contributed by atoms with Crippen LogP contribution in [0.2, 0.25) is 0 Å². The molecule has 0 fully saturated rings. The lowest BCUT2D eigenvalue weighted by Gasteiger charge is -2.13. The summed E-state index contributed by atoms with van der Waals surface area (Å²) in [6.45, 7) is 1.25. The first-order valence-corrected chi connectivity index (χ1v) is 13.9. The molecule has 0 unspecified atom stereocenters. The normalized spacial score (nSPS) is 12.8. The molecule has 0 aliphatic carbocycles. The molecule has 5 aromatic rings. The van der Waals surface area contributed by atoms with Crippen molar-refractivity contribution < 1.29 is 9.53 Å². The topological polar surface area (TPSA) is 66.3 Å². The summed E-state index contributed by atoms with van der Waals surface area (Å²) in [5.74, 6) is 0.544. The molecule has 6 nitrogen and oxygen atoms in total. The first-order valence-electron chi connectivity index (χ1n) is 13.9. The number of nitrogens with zero attached hydrogens (tertiary/aromatic N) is 3. The molecule has 1 aliphatic rings. The van der Waals surface area contributed by atoms with Crippen LogP contribution in [-0.2, 0) is 6.61 Å². The maximum Gasteiger partial charge on any atom is 0.271 e. The number of para-hydroxylation sites is 1. The van der Waals surface area contributed by atoms with E-state index < -0.39 is 0 Å². The Labute approximate surface area is 245 Å². The molecule has 206 valence electrons. The molecule has 5 aromatic carbocycles. The molecule has 1 heterocycles. The standard InChI is InChI=1S/C36H30N4O2/c41-36(31-19-15-28(16-20-31)26-42-35-14-8-7-13-33(35)29-9-3-1-4-10-29)38-37-25-27-17-21-32(22-18-27)40-24-23-34(39-40)30-11-5-2-6-12-30/h1-22,25H,23-24,26H2,(H,38,41)/b37-25-. The lowest BCUT2D eigenvalue weighted by atomic mass is 10.0. The number of hydrogen-bond donors (Lipinski definition) is 1. The first kappa shape index (κ1) is 26.7. The zero-order valence-corrected chi connectivity index (χ0v) is 23.1. The minimum Gasteiger partial charge on any atom is -0.488 e. The molecule has 1 amide bonds. The van der Waals surface area contributed by atoms with E-state index in [9.17, 15) is 4.79 Å². The molecule has 0 saturated heterocycles. The van der Waals surface area contributed by atoms with Crippen LogP contribution in [0, 0.1) is 0 Å². The summed E-state index contributed by atoms with van der Waals surface area (Å²) in [7, 11) is 0. The number of hydrogen-bond acceptors (Lipinski definition) is 5. The Hall–Kier alpha value is -5.49. The van der Waals surface area contributed by atoms with E-state index in [4.69, 9.17) is 9.84 Å². The monoisotopic (exact) mass is 550 g/mol. The minimum absolute atomic E-state index is 0.274. The lowest BCUT2D eigenvalue weighted by Crippen LogP contribution is -2.17. The third-order valence-electron chi connectivity index (χ3n) is 7.06. The van der Waals surface area contributed by atoms with E-state index in [1.807, 2.05) is 96.0 Å². The molecule has 1 aliphatic heterocycles. The average Bonchev–Trinajstić information content (AvgIpc) is 3.56. The molecule has 0 atom stereocenters. The van der Waals surface area contributed by atoms with Gasteiger partial charge in [-0.25, -0.2) is 5.43 Å². The van der Waals surface area contributed by atoms with Gasteiger partial charge in [-0.2, -0.15) is 10.2 Å². The summed E-state index contributed by atoms with van der Waals surface area (Å²) in [6, 6.07) is 43.7. The number of nitrogens with one attached hydrogen (secondary N) is 1. The average molecular weight is 551 g/mol. The van der Waals surface area contributed by atoms with Gasteiger partial charge < -0.3 is 4.74 Å². The number of amides is 1. The third kappa shape index (κ3) is 6.45. The Kier molecular flexibility index (Phi) is 8.13. The number of carbonyl (C=O) groups is 1. The maximum atomic E-state index is 12.6. The van der Waals surface area contributed by atoms with Crippen LogP contribution in [0.3, 0.4) is 0 Å². The molecule has 42 heavy (non-hydrogen) atoms. The minimum atomic E-state index is -0.274. The van der Waals surface area contributed by atoms with Gasteiger partial charge in [0.2, 0.25) is 0 Å². The van der Waals surface area contributed by atoms with Gasteiger partial charge >= 0.3 is 0 Å². The highest BCUT2D eigenvalue weighted by Crippen LogP contribution is 2.30. The van der Waals surface area contributed by atoms with E-state index in [-0.39, 0.29) is 5.91 Å². The van der Waals surface area contributed by atoms with Crippen molar-refractivity contribution >= 4 is 23.5 Å². The third-order valence-corrected chi connectivity index (χ3v) is 7.06. The molecule has 1 N–H and O–H groups in total. The largest absolute Gasteiger partial charge is 0.488 e. The molecule has 6 rings (SSSR count). The van der Waals surface area contributed by atoms with E-state index in [1.54, 1.807) is 18.3 Å². The van der Waals surface area contributed by atoms with Crippen LogP contribution in [0.4, 0.5) is 5.69 Å². The molecule has 0 radical (unpaired) electrons. The van der Waals surface area contributed by atoms with Gasteiger partial charge in [-0.3, -0.25) is 9.80 Å². The van der Waals surface area contributed by atoms with Crippen LogP contribution in [0.15, 0.2) is 144 Å². The second-order valence-corrected chi connectivity index (χ2v) is 9.92. The Morgan fingerprint density at radius 3 is 2.19 bits per heavy atom. The van der Waals surface area contributed by atoms with Crippen LogP contribution < -0.4 is 15.2 Å². The highest BCUT2D eigenvalue weighted by atomic mass is 16.5. The van der Waals surface area contributed by atoms with E-state index in [0.29, 0.717) is 12.2 Å². The van der Waals surface area contributed by atoms with Crippen LogP contribution in [-0.4, -0.2) is 24.4 Å². The van der Waals surface area contributed by atoms with Crippen LogP contribution >= 0.6 is 0 Å². The van der Waals surface area contributed by atoms with Gasteiger partial charge in [0.15, 0.2) is 0 Å². The number of carbonyl (C=O) groups excluding carboxylic acids is 1. The lowest BCUT2D eigenvalue weighted by molar-refractivity contribution is 0.0955. The number of anilines is 1. The molecule has 6 heteroatoms. The number of rotatable bonds is 9. The van der Waals surface area contributed by atoms with Crippen molar-refractivity contribution in [2.75, 3.05) is 11.6 Å². The molecular weight excluding hydrogens is 520 g/mol. The quantitative estimate of drug-likeness (QED) is 0.155. The number of hydrazone groups is 2. The molecule has 0 aromatic heterocycles. The van der Waals surface area contributed by atoms with Gasteiger partial charge in [-0.15, -0.1) is 0 Å². The summed E-state index contributed by atoms with van der Waals surface area (Å²) in [4.78, 5) is 12.6. The summed E-state index contributed by atoms with van der Waals surface area (Å²) in [6.07, 6.45) is 2.55. The van der Waals surface area contributed by atoms with Crippen molar-refractivity contribution in [2.45, 2.75) is 13.0 Å². The fraction of sp³-hybridized carbons (Fsp3) is 0.0833. The van der Waals surface area contributed by atoms with E-state index >= 15 is 0 Å². The Morgan fingerprint density at radius 2 is 1.45 bits per heavy atom. The van der Waals surface area contributed by atoms with Crippen LogP contribution in [0.5, 0.6) is 5.75 Å². The summed E-state index contributed by atoms with van der Waals surface area (Å²) >= 11 is 0. The van der Waals surface area contributed by atoms with Crippen molar-refractivity contribution in [2.24, 2.45) is 10.2 Å². The Morgan fingerprint density at radius 1 is 0.786 bits per heavy atom. The smallest absolute Gasteiger partial charge is 0.271 e. The van der Waals surface area contributed by atoms with Crippen molar-refractivity contribution in [1.29, 1.82) is 0 Å². The zero-order valence-electron chi connectivity index (χ0n) is 23.1. The summed E-state index contributed by atoms with van der Waals surface area (Å²) in [5, 5.41) is 10.9. The Balaban J connectivity index is 1.01. The fourth-order valence-electron chi connectivity index (χ4n) is 4.80. The SMILES string of the molecule is O=C(N/N=C\c1ccc(N2CCC(c3ccccc3)=N2)cc1)c1ccc(COc2ccccc2-c2ccccc2)cc1. The van der Waals surface area contributed by atoms with Crippen molar-refractivity contribution in [1.82, 2.24) is 5.43 Å². The molecular formula is C36H30N4O2. The second-order valence-electron chi connectivity index (χ2n) is 9.92. The van der Waals surface area contributed by atoms with E-state index in [0.717, 1.165) is 57.9 Å². The maximum absolute atomic E-state index is 12.6. The first-order chi connectivity index (χ1) is 20.7. The molecule has 0 spiro atoms. The van der Waals surface area contributed by atoms with Gasteiger partial charge in [0, 0.05) is 24.1 Å². The molecule has 0 saturated carbocycles. The second kappa shape index (κ2) is 12.8. The van der Waals surface area contributed by atoms with Gasteiger partial charge in [0.05, 0.1) is 17.6 Å². The summed E-state index contributed by atoms with van der Waals surface area (Å²) in [5.41, 5.74) is 10.4. The van der Waals surface area contributed by atoms with Gasteiger partial charge in [0.25, 0.3) is 5.91 Å². The highest BCUT2D eigenvalue weighted by molar-refractivity contribution is 6.02. The van der Waals surface area contributed by atoms with Crippen molar-refractivity contribution in [3.63, 3.8) is 0 Å². The van der Waals surface area contributed by atoms with Gasteiger partial charge in [0.1, 0.15) is 12.4 Å². The fourth-order valence-corrected chi connectivity index (χ4v) is 4.80. The van der Waals surface area contributed by atoms with Gasteiger partial charge in [-0.1, -0.05) is 103 Å². The van der Waals surface area contributed by atoms with Crippen molar-refractivity contribution in [3.8, 4) is 16.9 Å². The number of ether oxygens (including phenoxy) is 1. The van der Waals surface area contributed by atoms with E-state index in [1.165, 1.54) is 0 Å². The predicted octanol–water partition coefficient (Wildman–Crippen LogP) is 7.31. The van der Waals surface area contributed by atoms with Gasteiger partial charge in [-0.05, 0) is 52.6 Å². The summed E-state index contributed by atoms with van der Waals surface area (Å²) < 4.78 is 6.12. The predicted molar refractivity (Wildman–Crippen MR) is 169 cm³/mol. The van der Waals surface area contributed by atoms with Crippen molar-refractivity contribution in [3.05, 3.63) is 156 Å². The number of benzene rings is 5. The van der Waals surface area contributed by atoms with E-state index in [2.05, 4.69) is 40.9 Å². The van der Waals surface area contributed by atoms with Crippen LogP contribution in [0.25, 0.3) is 11.1 Å². The Bertz CT molecular complexity index is 1700. The highest BCUT2D eigenvalue weighted by Gasteiger charge is 2.17. The molecule has 0 bridgehead atoms. The zero-order chi connectivity index (χ0) is 28.6. The van der Waals surface area contributed by atoms with Crippen LogP contribution in [0.1, 0.15) is 33.5 Å².